The molecule has 2 heterocycles. The average Bonchev–Trinajstić information content (AvgIpc) is 3.22. The predicted octanol–water partition coefficient (Wildman–Crippen LogP) is 3.10. The van der Waals surface area contributed by atoms with Crippen molar-refractivity contribution in [1.82, 2.24) is 5.32 Å². The molecule has 0 aliphatic carbocycles. The molecule has 0 aliphatic rings. The summed E-state index contributed by atoms with van der Waals surface area (Å²) in [5, 5.41) is 5.12. The molecule has 0 aliphatic heterocycles. The van der Waals surface area contributed by atoms with Crippen LogP contribution >= 0.6 is 34.3 Å². The van der Waals surface area contributed by atoms with Gasteiger partial charge in [-0.15, -0.1) is 22.7 Å². The van der Waals surface area contributed by atoms with E-state index in [9.17, 15) is 19.2 Å². The van der Waals surface area contributed by atoms with E-state index in [-0.39, 0.29) is 26.9 Å². The number of thiophene rings is 2. The molecule has 0 unspecified atom stereocenters. The van der Waals surface area contributed by atoms with Crippen LogP contribution in [-0.2, 0) is 14.3 Å². The van der Waals surface area contributed by atoms with E-state index in [1.54, 1.807) is 19.9 Å². The Balaban J connectivity index is 2.14. The third-order valence-corrected chi connectivity index (χ3v) is 5.84. The Kier molecular flexibility index (Phi) is 7.55. The van der Waals surface area contributed by atoms with Crippen molar-refractivity contribution >= 4 is 63.0 Å². The molecule has 2 rings (SSSR count). The summed E-state index contributed by atoms with van der Waals surface area (Å²) in [5.74, 6) is -2.40. The van der Waals surface area contributed by atoms with Gasteiger partial charge in [-0.25, -0.2) is 9.59 Å². The molecule has 0 saturated heterocycles. The molecular weight excluding hydrogens is 428 g/mol. The zero-order valence-corrected chi connectivity index (χ0v) is 17.6. The summed E-state index contributed by atoms with van der Waals surface area (Å²) in [7, 11) is 1.46. The predicted molar refractivity (Wildman–Crippen MR) is 107 cm³/mol. The van der Waals surface area contributed by atoms with Gasteiger partial charge < -0.3 is 20.1 Å². The maximum absolute atomic E-state index is 12.3. The van der Waals surface area contributed by atoms with Gasteiger partial charge in [0.15, 0.2) is 6.61 Å². The number of ether oxygens (including phenoxy) is 2. The topological polar surface area (TPSA) is 111 Å². The summed E-state index contributed by atoms with van der Waals surface area (Å²) >= 11 is 7.72. The van der Waals surface area contributed by atoms with Crippen LogP contribution in [0.5, 0.6) is 0 Å². The lowest BCUT2D eigenvalue weighted by Crippen LogP contribution is -2.21. The maximum atomic E-state index is 12.3. The van der Waals surface area contributed by atoms with E-state index in [2.05, 4.69) is 10.6 Å². The molecule has 0 aromatic carbocycles. The zero-order chi connectivity index (χ0) is 20.8. The second-order valence-corrected chi connectivity index (χ2v) is 8.02. The molecule has 28 heavy (non-hydrogen) atoms. The summed E-state index contributed by atoms with van der Waals surface area (Å²) in [6.07, 6.45) is 0. The van der Waals surface area contributed by atoms with Crippen LogP contribution in [-0.4, -0.2) is 44.0 Å². The van der Waals surface area contributed by atoms with Gasteiger partial charge in [-0.3, -0.25) is 9.59 Å². The van der Waals surface area contributed by atoms with Crippen molar-refractivity contribution in [2.75, 3.05) is 25.6 Å². The van der Waals surface area contributed by atoms with Gasteiger partial charge in [0.1, 0.15) is 9.88 Å². The Morgan fingerprint density at radius 3 is 2.39 bits per heavy atom. The van der Waals surface area contributed by atoms with Gasteiger partial charge in [0.05, 0.1) is 21.4 Å². The number of hydrogen-bond donors (Lipinski definition) is 2. The number of esters is 2. The molecule has 2 aromatic rings. The number of hydrogen-bond acceptors (Lipinski definition) is 8. The fraction of sp³-hybridized carbons (Fsp3) is 0.294. The van der Waals surface area contributed by atoms with Gasteiger partial charge in [0, 0.05) is 7.05 Å². The number of rotatable bonds is 7. The van der Waals surface area contributed by atoms with E-state index < -0.39 is 30.4 Å². The van der Waals surface area contributed by atoms with E-state index in [0.29, 0.717) is 9.90 Å². The van der Waals surface area contributed by atoms with E-state index in [1.165, 1.54) is 13.1 Å². The molecule has 8 nitrogen and oxygen atoms in total. The molecule has 2 N–H and O–H groups in total. The minimum atomic E-state index is -0.689. The van der Waals surface area contributed by atoms with Gasteiger partial charge >= 0.3 is 11.9 Å². The normalized spacial score (nSPS) is 10.3. The lowest BCUT2D eigenvalue weighted by Gasteiger charge is -2.07. The maximum Gasteiger partial charge on any atom is 0.348 e. The molecule has 0 radical (unpaired) electrons. The first kappa shape index (κ1) is 21.9. The lowest BCUT2D eigenvalue weighted by molar-refractivity contribution is -0.119. The highest BCUT2D eigenvalue weighted by Crippen LogP contribution is 2.33. The Hall–Kier alpha value is -2.43. The highest BCUT2D eigenvalue weighted by atomic mass is 35.5. The van der Waals surface area contributed by atoms with E-state index in [0.717, 1.165) is 22.7 Å². The van der Waals surface area contributed by atoms with Crippen LogP contribution in [0.25, 0.3) is 0 Å². The van der Waals surface area contributed by atoms with Crippen LogP contribution in [0.15, 0.2) is 12.1 Å². The largest absolute Gasteiger partial charge is 0.462 e. The number of carbonyl (C=O) groups excluding carboxylic acids is 4. The lowest BCUT2D eigenvalue weighted by atomic mass is 10.1. The van der Waals surface area contributed by atoms with Crippen LogP contribution in [0.1, 0.15) is 42.2 Å². The van der Waals surface area contributed by atoms with Crippen LogP contribution in [0.2, 0.25) is 4.34 Å². The Bertz CT molecular complexity index is 921. The minimum absolute atomic E-state index is 0.0927. The molecule has 0 bridgehead atoms. The van der Waals surface area contributed by atoms with Gasteiger partial charge in [0.2, 0.25) is 0 Å². The number of carbonyl (C=O) groups is 4. The Morgan fingerprint density at radius 1 is 1.11 bits per heavy atom. The Morgan fingerprint density at radius 2 is 1.82 bits per heavy atom. The van der Waals surface area contributed by atoms with Gasteiger partial charge in [-0.05, 0) is 31.5 Å². The van der Waals surface area contributed by atoms with Crippen molar-refractivity contribution in [2.24, 2.45) is 0 Å². The second-order valence-electron chi connectivity index (χ2n) is 5.29. The smallest absolute Gasteiger partial charge is 0.348 e. The van der Waals surface area contributed by atoms with Gasteiger partial charge in [-0.1, -0.05) is 11.6 Å². The quantitative estimate of drug-likeness (QED) is 0.635. The third kappa shape index (κ3) is 5.09. The van der Waals surface area contributed by atoms with Crippen molar-refractivity contribution in [3.05, 3.63) is 37.4 Å². The molecule has 2 aromatic heterocycles. The van der Waals surface area contributed by atoms with Gasteiger partial charge in [0.25, 0.3) is 11.8 Å². The molecule has 0 fully saturated rings. The van der Waals surface area contributed by atoms with Crippen molar-refractivity contribution in [1.29, 1.82) is 0 Å². The molecular formula is C17H17ClN2O6S2. The van der Waals surface area contributed by atoms with Crippen molar-refractivity contribution in [3.63, 3.8) is 0 Å². The summed E-state index contributed by atoms with van der Waals surface area (Å²) in [6, 6.07) is 3.04. The number of halogens is 1. The standard InChI is InChI=1S/C17H17ClN2O6S2/c1-4-25-17(24)12-8(2)13(14(22)19-3)28-15(12)20-11(21)7-26-16(23)9-5-6-10(18)27-9/h5-6H,4,7H2,1-3H3,(H,19,22)(H,20,21). The fourth-order valence-corrected chi connectivity index (χ4v) is 4.26. The van der Waals surface area contributed by atoms with Crippen molar-refractivity contribution < 1.29 is 28.7 Å². The first-order valence-corrected chi connectivity index (χ1v) is 10.0. The summed E-state index contributed by atoms with van der Waals surface area (Å²) in [4.78, 5) is 48.9. The van der Waals surface area contributed by atoms with Crippen LogP contribution < -0.4 is 10.6 Å². The molecule has 0 spiro atoms. The fourth-order valence-electron chi connectivity index (χ4n) is 2.17. The second kappa shape index (κ2) is 9.67. The number of nitrogens with one attached hydrogen (secondary N) is 2. The average molecular weight is 445 g/mol. The minimum Gasteiger partial charge on any atom is -0.462 e. The molecule has 150 valence electrons. The van der Waals surface area contributed by atoms with Crippen LogP contribution in [0.3, 0.4) is 0 Å². The summed E-state index contributed by atoms with van der Waals surface area (Å²) < 4.78 is 10.4. The SMILES string of the molecule is CCOC(=O)c1c(NC(=O)COC(=O)c2ccc(Cl)s2)sc(C(=O)NC)c1C. The number of amides is 2. The van der Waals surface area contributed by atoms with E-state index in [4.69, 9.17) is 21.1 Å². The van der Waals surface area contributed by atoms with Crippen LogP contribution in [0, 0.1) is 6.92 Å². The highest BCUT2D eigenvalue weighted by Gasteiger charge is 2.26. The van der Waals surface area contributed by atoms with Gasteiger partial charge in [-0.2, -0.15) is 0 Å². The first-order valence-electron chi connectivity index (χ1n) is 8.03. The summed E-state index contributed by atoms with van der Waals surface area (Å²) in [5.41, 5.74) is 0.485. The third-order valence-electron chi connectivity index (χ3n) is 3.42. The molecule has 0 saturated carbocycles. The Labute approximate surface area is 173 Å². The van der Waals surface area contributed by atoms with Crippen molar-refractivity contribution in [3.8, 4) is 0 Å². The first-order chi connectivity index (χ1) is 13.3. The summed E-state index contributed by atoms with van der Waals surface area (Å²) in [6.45, 7) is 2.80. The molecule has 11 heteroatoms. The molecule has 0 atom stereocenters. The van der Waals surface area contributed by atoms with Crippen LogP contribution in [0.4, 0.5) is 5.00 Å². The monoisotopic (exact) mass is 444 g/mol. The van der Waals surface area contributed by atoms with Crippen molar-refractivity contribution in [2.45, 2.75) is 13.8 Å². The van der Waals surface area contributed by atoms with E-state index in [1.807, 2.05) is 0 Å². The zero-order valence-electron chi connectivity index (χ0n) is 15.2. The number of anilines is 1. The molecule has 2 amide bonds. The highest BCUT2D eigenvalue weighted by molar-refractivity contribution is 7.19. The van der Waals surface area contributed by atoms with E-state index >= 15 is 0 Å².